The normalized spacial score (nSPS) is 28.9. The fourth-order valence-electron chi connectivity index (χ4n) is 2.41. The fourth-order valence-corrected chi connectivity index (χ4v) is 2.41. The average Bonchev–Trinajstić information content (AvgIpc) is 2.59. The molecule has 14 heavy (non-hydrogen) atoms. The molecule has 3 nitrogen and oxygen atoms in total. The molecule has 0 aromatic heterocycles. The molecule has 1 amide bonds. The molecule has 2 aliphatic heterocycles. The first kappa shape index (κ1) is 9.97. The molecule has 0 saturated carbocycles. The van der Waals surface area contributed by atoms with Crippen LogP contribution < -0.4 is 5.32 Å². The van der Waals surface area contributed by atoms with Crippen molar-refractivity contribution in [1.82, 2.24) is 10.2 Å². The van der Waals surface area contributed by atoms with Crippen molar-refractivity contribution in [3.05, 3.63) is 0 Å². The lowest BCUT2D eigenvalue weighted by molar-refractivity contribution is -0.134. The van der Waals surface area contributed by atoms with Crippen molar-refractivity contribution in [2.45, 2.75) is 32.1 Å². The summed E-state index contributed by atoms with van der Waals surface area (Å²) in [6.07, 6.45) is 6.03. The van der Waals surface area contributed by atoms with Crippen molar-refractivity contribution in [3.8, 4) is 0 Å². The Labute approximate surface area is 85.8 Å². The topological polar surface area (TPSA) is 32.3 Å². The summed E-state index contributed by atoms with van der Waals surface area (Å²) in [5.41, 5.74) is 0. The van der Waals surface area contributed by atoms with Crippen molar-refractivity contribution >= 4 is 5.91 Å². The maximum atomic E-state index is 12.0. The SMILES string of the molecule is O=C([C@@H]1CCNC1)N1CCCCCC1. The summed E-state index contributed by atoms with van der Waals surface area (Å²) in [5, 5.41) is 3.26. The zero-order valence-electron chi connectivity index (χ0n) is 8.80. The smallest absolute Gasteiger partial charge is 0.227 e. The van der Waals surface area contributed by atoms with E-state index in [0.717, 1.165) is 32.6 Å². The van der Waals surface area contributed by atoms with Gasteiger partial charge in [-0.2, -0.15) is 0 Å². The number of nitrogens with zero attached hydrogens (tertiary/aromatic N) is 1. The Morgan fingerprint density at radius 3 is 2.43 bits per heavy atom. The van der Waals surface area contributed by atoms with E-state index in [9.17, 15) is 4.79 Å². The molecule has 3 heteroatoms. The Bertz CT molecular complexity index is 191. The van der Waals surface area contributed by atoms with Gasteiger partial charge in [0.2, 0.25) is 5.91 Å². The standard InChI is InChI=1S/C11H20N2O/c14-11(10-5-6-12-9-10)13-7-3-1-2-4-8-13/h10,12H,1-9H2/t10-/m1/s1. The summed E-state index contributed by atoms with van der Waals surface area (Å²) < 4.78 is 0. The molecule has 2 rings (SSSR count). The Morgan fingerprint density at radius 2 is 1.86 bits per heavy atom. The Morgan fingerprint density at radius 1 is 1.14 bits per heavy atom. The fraction of sp³-hybridized carbons (Fsp3) is 0.909. The molecule has 2 heterocycles. The van der Waals surface area contributed by atoms with E-state index in [1.165, 1.54) is 25.7 Å². The van der Waals surface area contributed by atoms with Crippen LogP contribution >= 0.6 is 0 Å². The summed E-state index contributed by atoms with van der Waals surface area (Å²) in [4.78, 5) is 14.1. The first-order chi connectivity index (χ1) is 6.88. The van der Waals surface area contributed by atoms with Gasteiger partial charge in [-0.3, -0.25) is 4.79 Å². The van der Waals surface area contributed by atoms with Gasteiger partial charge in [0.05, 0.1) is 5.92 Å². The van der Waals surface area contributed by atoms with Gasteiger partial charge in [0, 0.05) is 19.6 Å². The molecule has 0 aromatic carbocycles. The van der Waals surface area contributed by atoms with Gasteiger partial charge in [-0.25, -0.2) is 0 Å². The lowest BCUT2D eigenvalue weighted by atomic mass is 10.1. The third-order valence-electron chi connectivity index (χ3n) is 3.33. The molecule has 2 aliphatic rings. The number of nitrogens with one attached hydrogen (secondary N) is 1. The van der Waals surface area contributed by atoms with E-state index in [0.29, 0.717) is 5.91 Å². The van der Waals surface area contributed by atoms with Crippen LogP contribution in [0.2, 0.25) is 0 Å². The third kappa shape index (κ3) is 2.27. The number of amides is 1. The number of carbonyl (C=O) groups excluding carboxylic acids is 1. The molecular formula is C11H20N2O. The molecule has 2 fully saturated rings. The lowest BCUT2D eigenvalue weighted by Gasteiger charge is -2.23. The van der Waals surface area contributed by atoms with Crippen LogP contribution in [0.1, 0.15) is 32.1 Å². The molecule has 0 unspecified atom stereocenters. The van der Waals surface area contributed by atoms with Gasteiger partial charge >= 0.3 is 0 Å². The highest BCUT2D eigenvalue weighted by atomic mass is 16.2. The molecular weight excluding hydrogens is 176 g/mol. The molecule has 0 aliphatic carbocycles. The molecule has 1 atom stereocenters. The lowest BCUT2D eigenvalue weighted by Crippen LogP contribution is -2.37. The number of rotatable bonds is 1. The maximum absolute atomic E-state index is 12.0. The van der Waals surface area contributed by atoms with E-state index in [1.54, 1.807) is 0 Å². The summed E-state index contributed by atoms with van der Waals surface area (Å²) in [6, 6.07) is 0. The first-order valence-corrected chi connectivity index (χ1v) is 5.87. The van der Waals surface area contributed by atoms with Gasteiger partial charge in [-0.05, 0) is 25.8 Å². The second-order valence-electron chi connectivity index (χ2n) is 4.43. The summed E-state index contributed by atoms with van der Waals surface area (Å²) in [5.74, 6) is 0.671. The zero-order valence-corrected chi connectivity index (χ0v) is 8.80. The Balaban J connectivity index is 1.88. The zero-order chi connectivity index (χ0) is 9.80. The van der Waals surface area contributed by atoms with Crippen LogP contribution in [0.5, 0.6) is 0 Å². The van der Waals surface area contributed by atoms with E-state index in [-0.39, 0.29) is 5.92 Å². The number of likely N-dealkylation sites (tertiary alicyclic amines) is 1. The van der Waals surface area contributed by atoms with E-state index < -0.39 is 0 Å². The third-order valence-corrected chi connectivity index (χ3v) is 3.33. The van der Waals surface area contributed by atoms with Crippen LogP contribution in [-0.4, -0.2) is 37.0 Å². The molecule has 0 spiro atoms. The van der Waals surface area contributed by atoms with Crippen molar-refractivity contribution in [2.75, 3.05) is 26.2 Å². The minimum atomic E-state index is 0.271. The first-order valence-electron chi connectivity index (χ1n) is 5.87. The molecule has 2 saturated heterocycles. The van der Waals surface area contributed by atoms with Crippen LogP contribution in [0.3, 0.4) is 0 Å². The van der Waals surface area contributed by atoms with Crippen molar-refractivity contribution in [1.29, 1.82) is 0 Å². The highest BCUT2D eigenvalue weighted by molar-refractivity contribution is 5.79. The maximum Gasteiger partial charge on any atom is 0.227 e. The van der Waals surface area contributed by atoms with Gasteiger partial charge < -0.3 is 10.2 Å². The van der Waals surface area contributed by atoms with Crippen molar-refractivity contribution in [2.24, 2.45) is 5.92 Å². The van der Waals surface area contributed by atoms with Crippen LogP contribution in [0.25, 0.3) is 0 Å². The monoisotopic (exact) mass is 196 g/mol. The quantitative estimate of drug-likeness (QED) is 0.678. The van der Waals surface area contributed by atoms with Gasteiger partial charge in [-0.1, -0.05) is 12.8 Å². The van der Waals surface area contributed by atoms with Crippen molar-refractivity contribution < 1.29 is 4.79 Å². The van der Waals surface area contributed by atoms with Crippen LogP contribution in [0.4, 0.5) is 0 Å². The number of carbonyl (C=O) groups is 1. The van der Waals surface area contributed by atoms with Crippen molar-refractivity contribution in [3.63, 3.8) is 0 Å². The number of hydrogen-bond acceptors (Lipinski definition) is 2. The molecule has 80 valence electrons. The predicted molar refractivity (Wildman–Crippen MR) is 56.0 cm³/mol. The summed E-state index contributed by atoms with van der Waals surface area (Å²) in [6.45, 7) is 3.91. The molecule has 0 bridgehead atoms. The molecule has 1 N–H and O–H groups in total. The van der Waals surface area contributed by atoms with E-state index in [2.05, 4.69) is 10.2 Å². The highest BCUT2D eigenvalue weighted by Crippen LogP contribution is 2.16. The van der Waals surface area contributed by atoms with Gasteiger partial charge in [0.25, 0.3) is 0 Å². The average molecular weight is 196 g/mol. The predicted octanol–water partition coefficient (Wildman–Crippen LogP) is 0.998. The van der Waals surface area contributed by atoms with Gasteiger partial charge in [-0.15, -0.1) is 0 Å². The largest absolute Gasteiger partial charge is 0.342 e. The van der Waals surface area contributed by atoms with E-state index in [4.69, 9.17) is 0 Å². The minimum Gasteiger partial charge on any atom is -0.342 e. The molecule has 0 radical (unpaired) electrons. The van der Waals surface area contributed by atoms with Gasteiger partial charge in [0.1, 0.15) is 0 Å². The van der Waals surface area contributed by atoms with Crippen LogP contribution in [0.15, 0.2) is 0 Å². The van der Waals surface area contributed by atoms with Crippen LogP contribution in [0, 0.1) is 5.92 Å². The van der Waals surface area contributed by atoms with E-state index >= 15 is 0 Å². The summed E-state index contributed by atoms with van der Waals surface area (Å²) >= 11 is 0. The van der Waals surface area contributed by atoms with Crippen LogP contribution in [-0.2, 0) is 4.79 Å². The Hall–Kier alpha value is -0.570. The van der Waals surface area contributed by atoms with E-state index in [1.807, 2.05) is 0 Å². The second kappa shape index (κ2) is 4.78. The highest BCUT2D eigenvalue weighted by Gasteiger charge is 2.27. The minimum absolute atomic E-state index is 0.271. The summed E-state index contributed by atoms with van der Waals surface area (Å²) in [7, 11) is 0. The molecule has 0 aromatic rings. The Kier molecular flexibility index (Phi) is 3.40. The van der Waals surface area contributed by atoms with Gasteiger partial charge in [0.15, 0.2) is 0 Å². The second-order valence-corrected chi connectivity index (χ2v) is 4.43. The number of hydrogen-bond donors (Lipinski definition) is 1.